The number of carbonyl (C=O) groups is 2. The fourth-order valence-corrected chi connectivity index (χ4v) is 7.58. The van der Waals surface area contributed by atoms with Crippen molar-refractivity contribution in [1.29, 1.82) is 0 Å². The molecule has 6 rings (SSSR count). The van der Waals surface area contributed by atoms with E-state index in [1.165, 1.54) is 24.2 Å². The number of furan rings is 1. The van der Waals surface area contributed by atoms with Gasteiger partial charge in [0.25, 0.3) is 5.19 Å². The number of carbonyl (C=O) groups excluding carboxylic acids is 2. The summed E-state index contributed by atoms with van der Waals surface area (Å²) in [6, 6.07) is 17.0. The second kappa shape index (κ2) is 12.0. The third-order valence-electron chi connectivity index (χ3n) is 8.29. The van der Waals surface area contributed by atoms with Gasteiger partial charge in [-0.05, 0) is 103 Å². The van der Waals surface area contributed by atoms with Crippen molar-refractivity contribution in [2.75, 3.05) is 6.54 Å². The number of hydrogen-bond donors (Lipinski definition) is 1. The number of ether oxygens (including phenoxy) is 3. The van der Waals surface area contributed by atoms with E-state index in [9.17, 15) is 9.59 Å². The number of esters is 1. The largest absolute Gasteiger partial charge is 0.460 e. The lowest BCUT2D eigenvalue weighted by molar-refractivity contribution is -0.153. The molecule has 234 valence electrons. The van der Waals surface area contributed by atoms with E-state index >= 15 is 0 Å². The highest BCUT2D eigenvalue weighted by molar-refractivity contribution is 7.20. The van der Waals surface area contributed by atoms with Crippen molar-refractivity contribution in [2.45, 2.75) is 96.6 Å². The molecule has 2 fully saturated rings. The maximum Gasteiger partial charge on any atom is 0.408 e. The molecule has 2 aliphatic rings. The molecule has 4 aromatic rings. The normalized spacial score (nSPS) is 20.6. The van der Waals surface area contributed by atoms with Crippen LogP contribution in [0.3, 0.4) is 0 Å². The highest BCUT2D eigenvalue weighted by Gasteiger charge is 2.42. The maximum atomic E-state index is 12.4. The number of nitrogens with zero attached hydrogens (tertiary/aromatic N) is 2. The molecule has 0 radical (unpaired) electrons. The van der Waals surface area contributed by atoms with Crippen molar-refractivity contribution in [3.8, 4) is 10.9 Å². The molecule has 2 bridgehead atoms. The lowest BCUT2D eigenvalue weighted by atomic mass is 9.82. The van der Waals surface area contributed by atoms with Gasteiger partial charge in [0, 0.05) is 23.5 Å². The Labute approximate surface area is 261 Å². The maximum absolute atomic E-state index is 12.4. The summed E-state index contributed by atoms with van der Waals surface area (Å²) in [5, 5.41) is 4.21. The summed E-state index contributed by atoms with van der Waals surface area (Å²) in [5.41, 5.74) is 0.500. The molecule has 4 heterocycles. The van der Waals surface area contributed by atoms with Crippen LogP contribution in [-0.2, 0) is 20.8 Å². The molecule has 2 aromatic carbocycles. The molecule has 0 aliphatic carbocycles. The van der Waals surface area contributed by atoms with Crippen LogP contribution in [0.25, 0.3) is 21.2 Å². The summed E-state index contributed by atoms with van der Waals surface area (Å²) in [7, 11) is 0. The Bertz CT molecular complexity index is 1610. The number of alkyl carbamates (subject to hydrolysis) is 1. The van der Waals surface area contributed by atoms with E-state index in [1.807, 2.05) is 56.3 Å². The van der Waals surface area contributed by atoms with Crippen LogP contribution >= 0.6 is 11.3 Å². The fourth-order valence-electron chi connectivity index (χ4n) is 6.74. The SMILES string of the molecule is CC(C)(C)OC(=O)CNC(=O)OC(C)(C)CC1CC2CCC(C1)N2Cc1cc2ccc(Oc3nc4ccccc4s3)cc2o1. The summed E-state index contributed by atoms with van der Waals surface area (Å²) in [5.74, 6) is 1.63. The Hall–Kier alpha value is -3.63. The van der Waals surface area contributed by atoms with E-state index in [-0.39, 0.29) is 6.54 Å². The Morgan fingerprint density at radius 3 is 2.50 bits per heavy atom. The van der Waals surface area contributed by atoms with Crippen LogP contribution in [0.5, 0.6) is 10.9 Å². The van der Waals surface area contributed by atoms with Gasteiger partial charge >= 0.3 is 12.1 Å². The smallest absolute Gasteiger partial charge is 0.408 e. The molecule has 44 heavy (non-hydrogen) atoms. The van der Waals surface area contributed by atoms with Crippen molar-refractivity contribution in [3.05, 3.63) is 54.3 Å². The van der Waals surface area contributed by atoms with Gasteiger partial charge < -0.3 is 23.9 Å². The van der Waals surface area contributed by atoms with Crippen molar-refractivity contribution in [1.82, 2.24) is 15.2 Å². The molecule has 2 aromatic heterocycles. The van der Waals surface area contributed by atoms with Gasteiger partial charge in [0.15, 0.2) is 0 Å². The predicted molar refractivity (Wildman–Crippen MR) is 170 cm³/mol. The van der Waals surface area contributed by atoms with Crippen LogP contribution in [0.4, 0.5) is 4.79 Å². The number of para-hydroxylation sites is 1. The van der Waals surface area contributed by atoms with Crippen molar-refractivity contribution >= 4 is 44.6 Å². The van der Waals surface area contributed by atoms with Crippen molar-refractivity contribution in [3.63, 3.8) is 0 Å². The van der Waals surface area contributed by atoms with E-state index in [0.29, 0.717) is 28.9 Å². The monoisotopic (exact) mass is 619 g/mol. The lowest BCUT2D eigenvalue weighted by Crippen LogP contribution is -2.45. The Balaban J connectivity index is 1.02. The zero-order valence-corrected chi connectivity index (χ0v) is 26.9. The molecule has 0 saturated carbocycles. The highest BCUT2D eigenvalue weighted by Crippen LogP contribution is 2.43. The highest BCUT2D eigenvalue weighted by atomic mass is 32.1. The number of rotatable bonds is 9. The van der Waals surface area contributed by atoms with E-state index in [4.69, 9.17) is 18.6 Å². The Morgan fingerprint density at radius 2 is 1.77 bits per heavy atom. The zero-order chi connectivity index (χ0) is 31.1. The minimum atomic E-state index is -0.645. The van der Waals surface area contributed by atoms with E-state index in [1.54, 1.807) is 20.8 Å². The fraction of sp³-hybridized carbons (Fsp3) is 0.500. The van der Waals surface area contributed by atoms with Gasteiger partial charge in [-0.15, -0.1) is 0 Å². The van der Waals surface area contributed by atoms with Gasteiger partial charge in [-0.1, -0.05) is 23.5 Å². The summed E-state index contributed by atoms with van der Waals surface area (Å²) < 4.78 is 24.5. The number of piperidine rings is 1. The Kier molecular flexibility index (Phi) is 8.32. The second-order valence-electron chi connectivity index (χ2n) is 13.6. The first-order valence-electron chi connectivity index (χ1n) is 15.4. The zero-order valence-electron chi connectivity index (χ0n) is 26.1. The first-order chi connectivity index (χ1) is 20.9. The molecular weight excluding hydrogens is 578 g/mol. The Morgan fingerprint density at radius 1 is 1.02 bits per heavy atom. The molecule has 9 nitrogen and oxygen atoms in total. The minimum absolute atomic E-state index is 0.214. The number of hydrogen-bond acceptors (Lipinski definition) is 9. The third kappa shape index (κ3) is 7.35. The van der Waals surface area contributed by atoms with Gasteiger partial charge in [0.05, 0.1) is 16.8 Å². The molecule has 2 saturated heterocycles. The molecule has 10 heteroatoms. The van der Waals surface area contributed by atoms with Crippen LogP contribution in [0, 0.1) is 5.92 Å². The van der Waals surface area contributed by atoms with E-state index in [2.05, 4.69) is 21.3 Å². The molecule has 1 N–H and O–H groups in total. The third-order valence-corrected chi connectivity index (χ3v) is 9.20. The molecule has 2 unspecified atom stereocenters. The summed E-state index contributed by atoms with van der Waals surface area (Å²) in [4.78, 5) is 31.5. The summed E-state index contributed by atoms with van der Waals surface area (Å²) in [6.07, 6.45) is 4.63. The van der Waals surface area contributed by atoms with Crippen LogP contribution < -0.4 is 10.1 Å². The number of benzene rings is 2. The molecule has 2 aliphatic heterocycles. The van der Waals surface area contributed by atoms with Crippen molar-refractivity contribution in [2.24, 2.45) is 5.92 Å². The van der Waals surface area contributed by atoms with Gasteiger partial charge in [0.2, 0.25) is 0 Å². The van der Waals surface area contributed by atoms with Crippen molar-refractivity contribution < 1.29 is 28.2 Å². The standard InChI is InChI=1S/C34H41N3O6S/c1-33(2,3)42-30(38)19-35-31(39)43-34(4,5)18-21-14-23-11-12-24(15-21)37(23)20-26-16-22-10-13-25(17-28(22)40-26)41-32-36-27-8-6-7-9-29(27)44-32/h6-10,13,16-17,21,23-24H,11-12,14-15,18-20H2,1-5H3,(H,35,39). The quantitative estimate of drug-likeness (QED) is 0.189. The van der Waals surface area contributed by atoms with Crippen LogP contribution in [0.1, 0.15) is 72.5 Å². The topological polar surface area (TPSA) is 103 Å². The number of amides is 1. The average molecular weight is 620 g/mol. The lowest BCUT2D eigenvalue weighted by Gasteiger charge is -2.40. The average Bonchev–Trinajstić information content (AvgIpc) is 3.58. The van der Waals surface area contributed by atoms with Crippen LogP contribution in [0.2, 0.25) is 0 Å². The number of nitrogens with one attached hydrogen (secondary N) is 1. The molecule has 0 spiro atoms. The van der Waals surface area contributed by atoms with E-state index < -0.39 is 23.3 Å². The molecule has 1 amide bonds. The molecular formula is C34H41N3O6S. The minimum Gasteiger partial charge on any atom is -0.460 e. The number of thiazole rings is 1. The van der Waals surface area contributed by atoms with Crippen LogP contribution in [0.15, 0.2) is 52.9 Å². The first kappa shape index (κ1) is 30.4. The number of fused-ring (bicyclic) bond motifs is 4. The van der Waals surface area contributed by atoms with Crippen LogP contribution in [-0.4, -0.2) is 51.8 Å². The predicted octanol–water partition coefficient (Wildman–Crippen LogP) is 7.81. The summed E-state index contributed by atoms with van der Waals surface area (Å²) in [6.45, 7) is 9.82. The van der Waals surface area contributed by atoms with Gasteiger partial charge in [0.1, 0.15) is 34.8 Å². The van der Waals surface area contributed by atoms with Gasteiger partial charge in [-0.25, -0.2) is 9.78 Å². The first-order valence-corrected chi connectivity index (χ1v) is 16.2. The summed E-state index contributed by atoms with van der Waals surface area (Å²) >= 11 is 1.53. The van der Waals surface area contributed by atoms with Gasteiger partial charge in [-0.2, -0.15) is 0 Å². The number of aromatic nitrogens is 1. The van der Waals surface area contributed by atoms with Gasteiger partial charge in [-0.3, -0.25) is 9.69 Å². The molecule has 2 atom stereocenters. The second-order valence-corrected chi connectivity index (χ2v) is 14.6. The van der Waals surface area contributed by atoms with E-state index in [0.717, 1.165) is 52.8 Å².